The molecule has 1 aromatic heterocycles. The Morgan fingerprint density at radius 2 is 1.86 bits per heavy atom. The highest BCUT2D eigenvalue weighted by atomic mass is 16.5. The van der Waals surface area contributed by atoms with E-state index in [9.17, 15) is 9.59 Å². The smallest absolute Gasteiger partial charge is 0.269 e. The molecular formula is C19H23N5O4. The second-order valence-corrected chi connectivity index (χ2v) is 6.39. The lowest BCUT2D eigenvalue weighted by Crippen LogP contribution is -2.49. The summed E-state index contributed by atoms with van der Waals surface area (Å²) in [5.41, 5.74) is 5.29. The molecule has 2 heterocycles. The molecule has 2 amide bonds. The largest absolute Gasteiger partial charge is 0.497 e. The number of carbonyl (C=O) groups excluding carboxylic acids is 2. The molecule has 9 heteroatoms. The number of rotatable bonds is 5. The van der Waals surface area contributed by atoms with Gasteiger partial charge in [0.2, 0.25) is 5.91 Å². The van der Waals surface area contributed by atoms with E-state index >= 15 is 0 Å². The zero-order valence-corrected chi connectivity index (χ0v) is 15.8. The van der Waals surface area contributed by atoms with E-state index in [0.29, 0.717) is 23.6 Å². The first-order valence-corrected chi connectivity index (χ1v) is 8.95. The van der Waals surface area contributed by atoms with Crippen LogP contribution < -0.4 is 25.2 Å². The number of nitrogens with zero attached hydrogens (tertiary/aromatic N) is 3. The van der Waals surface area contributed by atoms with Crippen LogP contribution in [-0.4, -0.2) is 49.1 Å². The number of anilines is 1. The van der Waals surface area contributed by atoms with Crippen LogP contribution in [0.15, 0.2) is 36.8 Å². The maximum absolute atomic E-state index is 12.5. The average molecular weight is 385 g/mol. The Morgan fingerprint density at radius 3 is 2.50 bits per heavy atom. The van der Waals surface area contributed by atoms with Gasteiger partial charge in [-0.2, -0.15) is 0 Å². The number of hydrazine groups is 1. The van der Waals surface area contributed by atoms with Gasteiger partial charge in [0.15, 0.2) is 0 Å². The Bertz CT molecular complexity index is 808. The minimum absolute atomic E-state index is 0.239. The molecule has 0 bridgehead atoms. The standard InChI is InChI=1S/C19H23N5O4/c1-27-15-8-14(9-16(10-15)28-2)19(26)23-22-18(25)13-4-3-7-24(12-13)17-11-20-5-6-21-17/h5-6,8-11,13H,3-4,7,12H2,1-2H3,(H,22,25)(H,23,26). The van der Waals surface area contributed by atoms with E-state index in [0.717, 1.165) is 25.2 Å². The van der Waals surface area contributed by atoms with Crippen molar-refractivity contribution in [2.45, 2.75) is 12.8 Å². The molecule has 2 N–H and O–H groups in total. The van der Waals surface area contributed by atoms with Crippen LogP contribution in [0.1, 0.15) is 23.2 Å². The number of piperidine rings is 1. The van der Waals surface area contributed by atoms with Crippen molar-refractivity contribution in [3.05, 3.63) is 42.4 Å². The van der Waals surface area contributed by atoms with Gasteiger partial charge in [0.1, 0.15) is 17.3 Å². The first-order chi connectivity index (χ1) is 13.6. The molecule has 0 spiro atoms. The molecule has 1 fully saturated rings. The minimum atomic E-state index is -0.452. The van der Waals surface area contributed by atoms with E-state index in [-0.39, 0.29) is 11.8 Å². The summed E-state index contributed by atoms with van der Waals surface area (Å²) in [6.07, 6.45) is 6.52. The van der Waals surface area contributed by atoms with E-state index < -0.39 is 5.91 Å². The third-order valence-corrected chi connectivity index (χ3v) is 4.58. The Labute approximate surface area is 163 Å². The quantitative estimate of drug-likeness (QED) is 0.744. The van der Waals surface area contributed by atoms with Crippen molar-refractivity contribution in [1.82, 2.24) is 20.8 Å². The van der Waals surface area contributed by atoms with Crippen LogP contribution in [0.2, 0.25) is 0 Å². The van der Waals surface area contributed by atoms with E-state index in [4.69, 9.17) is 9.47 Å². The molecule has 9 nitrogen and oxygen atoms in total. The topological polar surface area (TPSA) is 106 Å². The van der Waals surface area contributed by atoms with Gasteiger partial charge in [-0.3, -0.25) is 25.4 Å². The summed E-state index contributed by atoms with van der Waals surface area (Å²) in [7, 11) is 3.01. The normalized spacial score (nSPS) is 16.2. The first kappa shape index (κ1) is 19.4. The Balaban J connectivity index is 1.58. The molecule has 0 saturated carbocycles. The van der Waals surface area contributed by atoms with Crippen LogP contribution in [0, 0.1) is 5.92 Å². The number of amides is 2. The summed E-state index contributed by atoms with van der Waals surface area (Å²) in [5.74, 6) is 0.776. The van der Waals surface area contributed by atoms with Crippen molar-refractivity contribution in [3.63, 3.8) is 0 Å². The molecule has 1 aliphatic rings. The zero-order valence-electron chi connectivity index (χ0n) is 15.8. The number of ether oxygens (including phenoxy) is 2. The fourth-order valence-corrected chi connectivity index (χ4v) is 3.08. The lowest BCUT2D eigenvalue weighted by atomic mass is 9.97. The van der Waals surface area contributed by atoms with Gasteiger partial charge >= 0.3 is 0 Å². The van der Waals surface area contributed by atoms with Crippen LogP contribution in [0.5, 0.6) is 11.5 Å². The van der Waals surface area contributed by atoms with E-state index in [2.05, 4.69) is 20.8 Å². The summed E-state index contributed by atoms with van der Waals surface area (Å²) in [4.78, 5) is 35.3. The van der Waals surface area contributed by atoms with Gasteiger partial charge in [-0.15, -0.1) is 0 Å². The van der Waals surface area contributed by atoms with Gasteiger partial charge in [-0.1, -0.05) is 0 Å². The van der Waals surface area contributed by atoms with E-state index in [1.54, 1.807) is 36.8 Å². The fourth-order valence-electron chi connectivity index (χ4n) is 3.08. The number of methoxy groups -OCH3 is 2. The van der Waals surface area contributed by atoms with Gasteiger partial charge < -0.3 is 14.4 Å². The molecular weight excluding hydrogens is 362 g/mol. The Hall–Kier alpha value is -3.36. The van der Waals surface area contributed by atoms with Gasteiger partial charge in [-0.05, 0) is 25.0 Å². The van der Waals surface area contributed by atoms with Crippen molar-refractivity contribution < 1.29 is 19.1 Å². The highest BCUT2D eigenvalue weighted by molar-refractivity contribution is 5.96. The zero-order chi connectivity index (χ0) is 19.9. The van der Waals surface area contributed by atoms with Gasteiger partial charge in [0, 0.05) is 37.1 Å². The first-order valence-electron chi connectivity index (χ1n) is 8.95. The molecule has 1 atom stereocenters. The lowest BCUT2D eigenvalue weighted by Gasteiger charge is -2.32. The fraction of sp³-hybridized carbons (Fsp3) is 0.368. The molecule has 3 rings (SSSR count). The number of carbonyl (C=O) groups is 2. The Morgan fingerprint density at radius 1 is 1.11 bits per heavy atom. The van der Waals surface area contributed by atoms with Crippen LogP contribution >= 0.6 is 0 Å². The second-order valence-electron chi connectivity index (χ2n) is 6.39. The van der Waals surface area contributed by atoms with Crippen molar-refractivity contribution in [2.75, 3.05) is 32.2 Å². The molecule has 0 aliphatic carbocycles. The minimum Gasteiger partial charge on any atom is -0.497 e. The SMILES string of the molecule is COc1cc(OC)cc(C(=O)NNC(=O)C2CCCN(c3cnccn3)C2)c1. The number of aromatic nitrogens is 2. The average Bonchev–Trinajstić information content (AvgIpc) is 2.77. The second kappa shape index (κ2) is 9.03. The number of nitrogens with one attached hydrogen (secondary N) is 2. The van der Waals surface area contributed by atoms with Gasteiger partial charge in [-0.25, -0.2) is 4.98 Å². The Kier molecular flexibility index (Phi) is 6.25. The van der Waals surface area contributed by atoms with Crippen molar-refractivity contribution in [3.8, 4) is 11.5 Å². The summed E-state index contributed by atoms with van der Waals surface area (Å²) in [5, 5.41) is 0. The highest BCUT2D eigenvalue weighted by Crippen LogP contribution is 2.23. The van der Waals surface area contributed by atoms with Crippen LogP contribution in [0.4, 0.5) is 5.82 Å². The number of hydrogen-bond donors (Lipinski definition) is 2. The monoisotopic (exact) mass is 385 g/mol. The molecule has 2 aromatic rings. The van der Waals surface area contributed by atoms with Crippen LogP contribution in [0.25, 0.3) is 0 Å². The highest BCUT2D eigenvalue weighted by Gasteiger charge is 2.27. The maximum Gasteiger partial charge on any atom is 0.269 e. The number of benzene rings is 1. The lowest BCUT2D eigenvalue weighted by molar-refractivity contribution is -0.126. The maximum atomic E-state index is 12.5. The predicted molar refractivity (Wildman–Crippen MR) is 102 cm³/mol. The van der Waals surface area contributed by atoms with E-state index in [1.807, 2.05) is 4.90 Å². The van der Waals surface area contributed by atoms with E-state index in [1.165, 1.54) is 14.2 Å². The van der Waals surface area contributed by atoms with Gasteiger partial charge in [0.05, 0.1) is 26.3 Å². The summed E-state index contributed by atoms with van der Waals surface area (Å²) >= 11 is 0. The molecule has 1 aliphatic heterocycles. The summed E-state index contributed by atoms with van der Waals surface area (Å²) in [6, 6.07) is 4.80. The molecule has 1 aromatic carbocycles. The molecule has 1 saturated heterocycles. The molecule has 148 valence electrons. The van der Waals surface area contributed by atoms with Crippen LogP contribution in [0.3, 0.4) is 0 Å². The predicted octanol–water partition coefficient (Wildman–Crippen LogP) is 1.17. The summed E-state index contributed by atoms with van der Waals surface area (Å²) in [6.45, 7) is 1.34. The van der Waals surface area contributed by atoms with Crippen LogP contribution in [-0.2, 0) is 4.79 Å². The summed E-state index contributed by atoms with van der Waals surface area (Å²) < 4.78 is 10.3. The molecule has 0 radical (unpaired) electrons. The van der Waals surface area contributed by atoms with Gasteiger partial charge in [0.25, 0.3) is 5.91 Å². The third kappa shape index (κ3) is 4.67. The molecule has 1 unspecified atom stereocenters. The molecule has 28 heavy (non-hydrogen) atoms. The van der Waals surface area contributed by atoms with Crippen molar-refractivity contribution in [1.29, 1.82) is 0 Å². The van der Waals surface area contributed by atoms with Crippen molar-refractivity contribution >= 4 is 17.6 Å². The van der Waals surface area contributed by atoms with Crippen molar-refractivity contribution in [2.24, 2.45) is 5.92 Å². The third-order valence-electron chi connectivity index (χ3n) is 4.58. The number of hydrogen-bond acceptors (Lipinski definition) is 7.